The Labute approximate surface area is 213 Å². The van der Waals surface area contributed by atoms with Crippen molar-refractivity contribution in [1.29, 1.82) is 0 Å². The second-order valence-corrected chi connectivity index (χ2v) is 8.99. The molecule has 1 aliphatic rings. The number of pyridine rings is 1. The van der Waals surface area contributed by atoms with Crippen LogP contribution in [-0.2, 0) is 6.54 Å². The lowest BCUT2D eigenvalue weighted by Crippen LogP contribution is -2.40. The highest BCUT2D eigenvalue weighted by Crippen LogP contribution is 2.23. The molecule has 2 N–H and O–H groups in total. The maximum atomic E-state index is 12.4. The van der Waals surface area contributed by atoms with Crippen LogP contribution in [0.15, 0.2) is 58.6 Å². The monoisotopic (exact) mass is 513 g/mol. The van der Waals surface area contributed by atoms with E-state index in [1.54, 1.807) is 7.05 Å². The molecular formula is C26H30F3N7O. The van der Waals surface area contributed by atoms with Crippen LogP contribution in [0.25, 0.3) is 0 Å². The van der Waals surface area contributed by atoms with Crippen LogP contribution in [0.4, 0.5) is 19.0 Å². The predicted molar refractivity (Wildman–Crippen MR) is 138 cm³/mol. The van der Waals surface area contributed by atoms with E-state index in [1.165, 1.54) is 24.3 Å². The summed E-state index contributed by atoms with van der Waals surface area (Å²) in [6.07, 6.45) is -1.00. The molecular weight excluding hydrogens is 483 g/mol. The lowest BCUT2D eigenvalue weighted by atomic mass is 10.1. The molecule has 1 aromatic carbocycles. The van der Waals surface area contributed by atoms with E-state index in [0.29, 0.717) is 29.3 Å². The first kappa shape index (κ1) is 26.3. The smallest absolute Gasteiger partial charge is 0.406 e. The van der Waals surface area contributed by atoms with E-state index in [4.69, 9.17) is 10.8 Å². The first-order chi connectivity index (χ1) is 17.6. The third-order valence-corrected chi connectivity index (χ3v) is 6.19. The molecule has 0 amide bonds. The number of nitrogens with zero attached hydrogens (tertiary/aromatic N) is 6. The summed E-state index contributed by atoms with van der Waals surface area (Å²) in [4.78, 5) is 15.6. The number of benzene rings is 1. The molecule has 37 heavy (non-hydrogen) atoms. The van der Waals surface area contributed by atoms with Gasteiger partial charge >= 0.3 is 6.36 Å². The van der Waals surface area contributed by atoms with Crippen molar-refractivity contribution < 1.29 is 17.9 Å². The zero-order valence-corrected chi connectivity index (χ0v) is 21.0. The molecule has 4 rings (SSSR count). The van der Waals surface area contributed by atoms with E-state index in [9.17, 15) is 13.2 Å². The van der Waals surface area contributed by atoms with E-state index in [-0.39, 0.29) is 11.8 Å². The van der Waals surface area contributed by atoms with E-state index in [1.807, 2.05) is 36.9 Å². The number of anilines is 1. The van der Waals surface area contributed by atoms with Crippen molar-refractivity contribution in [3.05, 3.63) is 71.2 Å². The first-order valence-electron chi connectivity index (χ1n) is 12.0. The third kappa shape index (κ3) is 6.94. The molecule has 1 fully saturated rings. The summed E-state index contributed by atoms with van der Waals surface area (Å²) in [6, 6.07) is 11.7. The SMILES string of the molecule is C/N=C(\N=C(/C)c1cc(C)n(Cc2ccnc(N3CCC(N)CC3)c2)n1)c1ccc(OC(F)(F)F)cc1. The summed E-state index contributed by atoms with van der Waals surface area (Å²) in [5, 5.41) is 4.73. The highest BCUT2D eigenvalue weighted by atomic mass is 19.4. The van der Waals surface area contributed by atoms with Gasteiger partial charge in [0.2, 0.25) is 0 Å². The molecule has 3 heterocycles. The highest BCUT2D eigenvalue weighted by Gasteiger charge is 2.31. The van der Waals surface area contributed by atoms with Gasteiger partial charge in [0, 0.05) is 43.6 Å². The number of ether oxygens (including phenoxy) is 1. The topological polar surface area (TPSA) is 93.9 Å². The van der Waals surface area contributed by atoms with Gasteiger partial charge in [0.25, 0.3) is 0 Å². The average molecular weight is 514 g/mol. The van der Waals surface area contributed by atoms with Crippen LogP contribution in [0.2, 0.25) is 0 Å². The van der Waals surface area contributed by atoms with Gasteiger partial charge in [-0.1, -0.05) is 0 Å². The highest BCUT2D eigenvalue weighted by molar-refractivity contribution is 6.10. The number of hydrogen-bond donors (Lipinski definition) is 1. The van der Waals surface area contributed by atoms with Gasteiger partial charge in [-0.05, 0) is 74.7 Å². The molecule has 0 bridgehead atoms. The van der Waals surface area contributed by atoms with Crippen molar-refractivity contribution in [3.63, 3.8) is 0 Å². The van der Waals surface area contributed by atoms with Gasteiger partial charge in [-0.3, -0.25) is 9.67 Å². The number of halogens is 3. The number of amidine groups is 1. The van der Waals surface area contributed by atoms with Crippen LogP contribution in [-0.4, -0.2) is 58.9 Å². The van der Waals surface area contributed by atoms with Gasteiger partial charge in [-0.2, -0.15) is 5.10 Å². The largest absolute Gasteiger partial charge is 0.573 e. The van der Waals surface area contributed by atoms with Crippen LogP contribution in [0.3, 0.4) is 0 Å². The summed E-state index contributed by atoms with van der Waals surface area (Å²) >= 11 is 0. The molecule has 1 saturated heterocycles. The molecule has 0 aliphatic carbocycles. The second-order valence-electron chi connectivity index (χ2n) is 8.99. The van der Waals surface area contributed by atoms with Crippen LogP contribution in [0.5, 0.6) is 5.75 Å². The Balaban J connectivity index is 1.48. The Morgan fingerprint density at radius 1 is 1.14 bits per heavy atom. The van der Waals surface area contributed by atoms with E-state index in [0.717, 1.165) is 43.0 Å². The molecule has 0 saturated carbocycles. The first-order valence-corrected chi connectivity index (χ1v) is 12.0. The van der Waals surface area contributed by atoms with Gasteiger partial charge in [0.1, 0.15) is 17.3 Å². The number of aromatic nitrogens is 3. The fourth-order valence-electron chi connectivity index (χ4n) is 4.15. The summed E-state index contributed by atoms with van der Waals surface area (Å²) in [5.41, 5.74) is 9.98. The van der Waals surface area contributed by atoms with Crippen molar-refractivity contribution in [1.82, 2.24) is 14.8 Å². The number of aliphatic imine (C=N–C) groups is 2. The van der Waals surface area contributed by atoms with Crippen molar-refractivity contribution in [2.75, 3.05) is 25.0 Å². The summed E-state index contributed by atoms with van der Waals surface area (Å²) < 4.78 is 43.1. The molecule has 196 valence electrons. The summed E-state index contributed by atoms with van der Waals surface area (Å²) in [7, 11) is 1.58. The van der Waals surface area contributed by atoms with Crippen LogP contribution >= 0.6 is 0 Å². The van der Waals surface area contributed by atoms with E-state index < -0.39 is 6.36 Å². The lowest BCUT2D eigenvalue weighted by molar-refractivity contribution is -0.274. The number of rotatable bonds is 6. The normalized spacial score (nSPS) is 15.8. The number of nitrogens with two attached hydrogens (primary N) is 1. The Morgan fingerprint density at radius 2 is 1.84 bits per heavy atom. The van der Waals surface area contributed by atoms with Gasteiger partial charge in [0.15, 0.2) is 5.84 Å². The Morgan fingerprint density at radius 3 is 2.49 bits per heavy atom. The average Bonchev–Trinajstić information content (AvgIpc) is 3.23. The second kappa shape index (κ2) is 11.1. The molecule has 0 spiro atoms. The predicted octanol–water partition coefficient (Wildman–Crippen LogP) is 4.35. The molecule has 0 unspecified atom stereocenters. The number of aryl methyl sites for hydroxylation is 1. The van der Waals surface area contributed by atoms with Gasteiger partial charge < -0.3 is 15.4 Å². The molecule has 11 heteroatoms. The number of alkyl halides is 3. The molecule has 2 aromatic heterocycles. The molecule has 8 nitrogen and oxygen atoms in total. The summed E-state index contributed by atoms with van der Waals surface area (Å²) in [6.45, 7) is 6.18. The maximum absolute atomic E-state index is 12.4. The zero-order chi connectivity index (χ0) is 26.6. The van der Waals surface area contributed by atoms with Gasteiger partial charge in [-0.25, -0.2) is 9.98 Å². The van der Waals surface area contributed by atoms with Crippen LogP contribution < -0.4 is 15.4 Å². The Hall–Kier alpha value is -3.73. The number of hydrogen-bond acceptors (Lipinski definition) is 6. The molecule has 0 atom stereocenters. The zero-order valence-electron chi connectivity index (χ0n) is 21.0. The van der Waals surface area contributed by atoms with Crippen molar-refractivity contribution in [3.8, 4) is 5.75 Å². The van der Waals surface area contributed by atoms with Gasteiger partial charge in [0.05, 0.1) is 12.3 Å². The van der Waals surface area contributed by atoms with E-state index in [2.05, 4.69) is 30.7 Å². The van der Waals surface area contributed by atoms with Crippen molar-refractivity contribution in [2.45, 2.75) is 45.6 Å². The van der Waals surface area contributed by atoms with Gasteiger partial charge in [-0.15, -0.1) is 13.2 Å². The standard InChI is InChI=1S/C26H30F3N7O/c1-17-14-23(18(2)33-25(31-3)20-4-6-22(7-5-20)37-26(27,28)29)34-36(17)16-19-8-11-32-24(15-19)35-12-9-21(30)10-13-35/h4-8,11,14-15,21H,9-10,12-13,16,30H2,1-3H3/b31-25-,33-18+. The van der Waals surface area contributed by atoms with Crippen LogP contribution in [0.1, 0.15) is 42.3 Å². The third-order valence-electron chi connectivity index (χ3n) is 6.19. The molecule has 1 aliphatic heterocycles. The summed E-state index contributed by atoms with van der Waals surface area (Å²) in [5.74, 6) is 1.02. The minimum Gasteiger partial charge on any atom is -0.406 e. The fraction of sp³-hybridized carbons (Fsp3) is 0.385. The van der Waals surface area contributed by atoms with Crippen molar-refractivity contribution in [2.24, 2.45) is 15.7 Å². The van der Waals surface area contributed by atoms with E-state index >= 15 is 0 Å². The molecule has 3 aromatic rings. The lowest BCUT2D eigenvalue weighted by Gasteiger charge is -2.31. The maximum Gasteiger partial charge on any atom is 0.573 e. The Bertz CT molecular complexity index is 1270. The minimum atomic E-state index is -4.74. The fourth-order valence-corrected chi connectivity index (χ4v) is 4.15. The molecule has 0 radical (unpaired) electrons. The van der Waals surface area contributed by atoms with Crippen LogP contribution in [0, 0.1) is 6.92 Å². The Kier molecular flexibility index (Phi) is 7.91. The number of piperidine rings is 1. The quantitative estimate of drug-likeness (QED) is 0.391. The van der Waals surface area contributed by atoms with Crippen molar-refractivity contribution >= 4 is 17.4 Å². The minimum absolute atomic E-state index is 0.260.